The molecule has 2 heterocycles. The summed E-state index contributed by atoms with van der Waals surface area (Å²) in [5, 5.41) is 3.03. The van der Waals surface area contributed by atoms with Crippen molar-refractivity contribution >= 4 is 22.6 Å². The number of carbonyl (C=O) groups is 1. The number of methoxy groups -OCH3 is 1. The fraction of sp³-hybridized carbons (Fsp3) is 0.118. The van der Waals surface area contributed by atoms with E-state index in [1.807, 2.05) is 13.0 Å². The van der Waals surface area contributed by atoms with Crippen LogP contribution in [0.15, 0.2) is 47.4 Å². The number of nitrogens with zero attached hydrogens (tertiary/aromatic N) is 1. The Labute approximate surface area is 132 Å². The molecule has 0 atom stereocenters. The van der Waals surface area contributed by atoms with Crippen LogP contribution in [0.2, 0.25) is 0 Å². The number of carbonyl (C=O) groups excluding carboxylic acids is 1. The monoisotopic (exact) mass is 309 g/mol. The van der Waals surface area contributed by atoms with Crippen LogP contribution >= 0.6 is 0 Å². The first kappa shape index (κ1) is 14.8. The molecular weight excluding hydrogens is 294 g/mol. The number of rotatable bonds is 3. The van der Waals surface area contributed by atoms with Gasteiger partial charge in [-0.3, -0.25) is 9.59 Å². The third kappa shape index (κ3) is 2.91. The molecule has 116 valence electrons. The standard InChI is InChI=1S/C17H15N3O3/c1-10-4-3-5-15(19-10)20-17(22)13-9-18-14-7-6-11(23-2)8-12(14)16(13)21/h3-9H,1-2H3,(H,18,21)(H,19,20,22). The number of H-pyrrole nitrogens is 1. The van der Waals surface area contributed by atoms with Gasteiger partial charge in [0.25, 0.3) is 5.91 Å². The molecule has 3 rings (SSSR count). The molecule has 0 spiro atoms. The van der Waals surface area contributed by atoms with Gasteiger partial charge in [0.2, 0.25) is 5.43 Å². The van der Waals surface area contributed by atoms with Crippen LogP contribution in [0.5, 0.6) is 5.75 Å². The first-order chi connectivity index (χ1) is 11.1. The Balaban J connectivity index is 2.00. The molecule has 0 aliphatic heterocycles. The lowest BCUT2D eigenvalue weighted by molar-refractivity contribution is 0.102. The first-order valence-corrected chi connectivity index (χ1v) is 7.03. The molecule has 1 amide bonds. The van der Waals surface area contributed by atoms with Crippen molar-refractivity contribution in [3.05, 3.63) is 64.1 Å². The summed E-state index contributed by atoms with van der Waals surface area (Å²) >= 11 is 0. The zero-order chi connectivity index (χ0) is 16.4. The van der Waals surface area contributed by atoms with Crippen molar-refractivity contribution in [1.82, 2.24) is 9.97 Å². The number of aromatic amines is 1. The van der Waals surface area contributed by atoms with Gasteiger partial charge < -0.3 is 15.0 Å². The minimum absolute atomic E-state index is 0.0223. The molecule has 0 aliphatic rings. The molecule has 1 aromatic carbocycles. The molecule has 2 aromatic heterocycles. The van der Waals surface area contributed by atoms with E-state index in [2.05, 4.69) is 15.3 Å². The van der Waals surface area contributed by atoms with Crippen molar-refractivity contribution in [2.24, 2.45) is 0 Å². The van der Waals surface area contributed by atoms with Gasteiger partial charge in [-0.25, -0.2) is 4.98 Å². The Morgan fingerprint density at radius 3 is 2.83 bits per heavy atom. The first-order valence-electron chi connectivity index (χ1n) is 7.03. The number of hydrogen-bond acceptors (Lipinski definition) is 4. The fourth-order valence-corrected chi connectivity index (χ4v) is 2.29. The molecule has 2 N–H and O–H groups in total. The van der Waals surface area contributed by atoms with Gasteiger partial charge in [-0.1, -0.05) is 6.07 Å². The number of aryl methyl sites for hydroxylation is 1. The number of amides is 1. The maximum atomic E-state index is 12.5. The molecule has 23 heavy (non-hydrogen) atoms. The van der Waals surface area contributed by atoms with Crippen molar-refractivity contribution in [3.8, 4) is 5.75 Å². The molecule has 6 heteroatoms. The molecule has 3 aromatic rings. The average molecular weight is 309 g/mol. The van der Waals surface area contributed by atoms with E-state index in [0.717, 1.165) is 5.69 Å². The molecular formula is C17H15N3O3. The lowest BCUT2D eigenvalue weighted by atomic mass is 10.1. The van der Waals surface area contributed by atoms with Gasteiger partial charge in [0.05, 0.1) is 7.11 Å². The summed E-state index contributed by atoms with van der Waals surface area (Å²) in [5.41, 5.74) is 1.08. The third-order valence-electron chi connectivity index (χ3n) is 3.46. The third-order valence-corrected chi connectivity index (χ3v) is 3.46. The Morgan fingerprint density at radius 1 is 1.26 bits per heavy atom. The Kier molecular flexibility index (Phi) is 3.80. The van der Waals surface area contributed by atoms with E-state index in [-0.39, 0.29) is 11.0 Å². The highest BCUT2D eigenvalue weighted by molar-refractivity contribution is 6.05. The maximum Gasteiger partial charge on any atom is 0.262 e. The second-order valence-corrected chi connectivity index (χ2v) is 5.06. The van der Waals surface area contributed by atoms with Crippen LogP contribution in [-0.2, 0) is 0 Å². The quantitative estimate of drug-likeness (QED) is 0.778. The van der Waals surface area contributed by atoms with Crippen LogP contribution in [-0.4, -0.2) is 23.0 Å². The second-order valence-electron chi connectivity index (χ2n) is 5.06. The summed E-state index contributed by atoms with van der Waals surface area (Å²) in [7, 11) is 1.52. The number of hydrogen-bond donors (Lipinski definition) is 2. The van der Waals surface area contributed by atoms with E-state index in [4.69, 9.17) is 4.74 Å². The van der Waals surface area contributed by atoms with Crippen molar-refractivity contribution in [1.29, 1.82) is 0 Å². The summed E-state index contributed by atoms with van der Waals surface area (Å²) < 4.78 is 5.12. The molecule has 0 fully saturated rings. The lowest BCUT2D eigenvalue weighted by Gasteiger charge is -2.07. The molecule has 0 saturated carbocycles. The number of nitrogens with one attached hydrogen (secondary N) is 2. The summed E-state index contributed by atoms with van der Waals surface area (Å²) in [4.78, 5) is 32.0. The second kappa shape index (κ2) is 5.92. The number of fused-ring (bicyclic) bond motifs is 1. The number of ether oxygens (including phenoxy) is 1. The minimum Gasteiger partial charge on any atom is -0.497 e. The largest absolute Gasteiger partial charge is 0.497 e. The Hall–Kier alpha value is -3.15. The van der Waals surface area contributed by atoms with Gasteiger partial charge in [-0.05, 0) is 37.3 Å². The highest BCUT2D eigenvalue weighted by Gasteiger charge is 2.14. The van der Waals surface area contributed by atoms with Crippen molar-refractivity contribution < 1.29 is 9.53 Å². The van der Waals surface area contributed by atoms with Crippen LogP contribution < -0.4 is 15.5 Å². The lowest BCUT2D eigenvalue weighted by Crippen LogP contribution is -2.22. The molecule has 0 radical (unpaired) electrons. The summed E-state index contributed by atoms with van der Waals surface area (Å²) in [6, 6.07) is 10.4. The van der Waals surface area contributed by atoms with Crippen molar-refractivity contribution in [2.75, 3.05) is 12.4 Å². The van der Waals surface area contributed by atoms with E-state index >= 15 is 0 Å². The Bertz CT molecular complexity index is 947. The topological polar surface area (TPSA) is 84.1 Å². The van der Waals surface area contributed by atoms with Crippen LogP contribution in [0.1, 0.15) is 16.1 Å². The van der Waals surface area contributed by atoms with Gasteiger partial charge in [0.15, 0.2) is 0 Å². The fourth-order valence-electron chi connectivity index (χ4n) is 2.29. The highest BCUT2D eigenvalue weighted by Crippen LogP contribution is 2.17. The van der Waals surface area contributed by atoms with Crippen LogP contribution in [0.25, 0.3) is 10.9 Å². The van der Waals surface area contributed by atoms with Gasteiger partial charge in [-0.15, -0.1) is 0 Å². The van der Waals surface area contributed by atoms with Gasteiger partial charge >= 0.3 is 0 Å². The predicted molar refractivity (Wildman–Crippen MR) is 88.0 cm³/mol. The van der Waals surface area contributed by atoms with Gasteiger partial charge in [-0.2, -0.15) is 0 Å². The van der Waals surface area contributed by atoms with E-state index in [9.17, 15) is 9.59 Å². The van der Waals surface area contributed by atoms with Crippen LogP contribution in [0.3, 0.4) is 0 Å². The number of pyridine rings is 2. The van der Waals surface area contributed by atoms with E-state index < -0.39 is 5.91 Å². The SMILES string of the molecule is COc1ccc2[nH]cc(C(=O)Nc3cccc(C)n3)c(=O)c2c1. The summed E-state index contributed by atoms with van der Waals surface area (Å²) in [6.45, 7) is 1.82. The Morgan fingerprint density at radius 2 is 2.09 bits per heavy atom. The average Bonchev–Trinajstić information content (AvgIpc) is 2.55. The smallest absolute Gasteiger partial charge is 0.262 e. The summed E-state index contributed by atoms with van der Waals surface area (Å²) in [6.07, 6.45) is 1.41. The zero-order valence-electron chi connectivity index (χ0n) is 12.7. The maximum absolute atomic E-state index is 12.5. The van der Waals surface area contributed by atoms with Gasteiger partial charge in [0, 0.05) is 22.8 Å². The van der Waals surface area contributed by atoms with E-state index in [1.54, 1.807) is 30.3 Å². The molecule has 0 unspecified atom stereocenters. The van der Waals surface area contributed by atoms with E-state index in [0.29, 0.717) is 22.5 Å². The molecule has 6 nitrogen and oxygen atoms in total. The van der Waals surface area contributed by atoms with Crippen LogP contribution in [0.4, 0.5) is 5.82 Å². The number of aromatic nitrogens is 2. The minimum atomic E-state index is -0.505. The number of anilines is 1. The van der Waals surface area contributed by atoms with Crippen molar-refractivity contribution in [2.45, 2.75) is 6.92 Å². The van der Waals surface area contributed by atoms with Crippen LogP contribution in [0, 0.1) is 6.92 Å². The van der Waals surface area contributed by atoms with Gasteiger partial charge in [0.1, 0.15) is 17.1 Å². The molecule has 0 saturated heterocycles. The normalized spacial score (nSPS) is 10.5. The highest BCUT2D eigenvalue weighted by atomic mass is 16.5. The molecule has 0 bridgehead atoms. The number of benzene rings is 1. The summed E-state index contributed by atoms with van der Waals surface area (Å²) in [5.74, 6) is 0.454. The zero-order valence-corrected chi connectivity index (χ0v) is 12.7. The van der Waals surface area contributed by atoms with E-state index in [1.165, 1.54) is 13.3 Å². The predicted octanol–water partition coefficient (Wildman–Crippen LogP) is 2.49. The molecule has 0 aliphatic carbocycles. The van der Waals surface area contributed by atoms with Crippen molar-refractivity contribution in [3.63, 3.8) is 0 Å².